The Morgan fingerprint density at radius 2 is 1.85 bits per heavy atom. The number of halogens is 1. The molecule has 1 aliphatic rings. The number of likely N-dealkylation sites (tertiary alicyclic amines) is 1. The summed E-state index contributed by atoms with van der Waals surface area (Å²) >= 11 is 0. The average molecular weight is 306 g/mol. The smallest absolute Gasteiger partial charge is 0.241 e. The van der Waals surface area contributed by atoms with E-state index >= 15 is 0 Å². The number of hydrogen-bond acceptors (Lipinski definition) is 3. The minimum atomic E-state index is -0.0297. The van der Waals surface area contributed by atoms with Crippen molar-refractivity contribution in [1.29, 1.82) is 0 Å². The molecule has 0 aliphatic carbocycles. The number of amides is 2. The lowest BCUT2D eigenvalue weighted by Gasteiger charge is -2.32. The largest absolute Gasteiger partial charge is 0.347 e. The third-order valence-electron chi connectivity index (χ3n) is 3.56. The SMILES string of the molecule is CCCC(=O)NCC(=O)N1CCC(CNCC)CC1.Cl. The Labute approximate surface area is 128 Å². The third kappa shape index (κ3) is 7.10. The Morgan fingerprint density at radius 3 is 2.40 bits per heavy atom. The van der Waals surface area contributed by atoms with Gasteiger partial charge in [0.25, 0.3) is 0 Å². The zero-order chi connectivity index (χ0) is 14.1. The van der Waals surface area contributed by atoms with Gasteiger partial charge >= 0.3 is 0 Å². The molecule has 20 heavy (non-hydrogen) atoms. The van der Waals surface area contributed by atoms with Gasteiger partial charge in [0.05, 0.1) is 6.54 Å². The lowest BCUT2D eigenvalue weighted by atomic mass is 9.97. The maximum Gasteiger partial charge on any atom is 0.241 e. The van der Waals surface area contributed by atoms with E-state index in [9.17, 15) is 9.59 Å². The molecule has 1 heterocycles. The highest BCUT2D eigenvalue weighted by Crippen LogP contribution is 2.16. The minimum absolute atomic E-state index is 0. The Bertz CT molecular complexity index is 292. The number of piperidine rings is 1. The summed E-state index contributed by atoms with van der Waals surface area (Å²) in [6.07, 6.45) is 3.43. The highest BCUT2D eigenvalue weighted by Gasteiger charge is 2.22. The van der Waals surface area contributed by atoms with E-state index in [2.05, 4.69) is 17.6 Å². The molecular formula is C14H28ClN3O2. The first-order chi connectivity index (χ1) is 9.17. The first-order valence-electron chi connectivity index (χ1n) is 7.42. The number of carbonyl (C=O) groups excluding carboxylic acids is 2. The summed E-state index contributed by atoms with van der Waals surface area (Å²) in [6.45, 7) is 7.90. The Hall–Kier alpha value is -0.810. The molecule has 118 valence electrons. The van der Waals surface area contributed by atoms with Gasteiger partial charge in [-0.3, -0.25) is 9.59 Å². The number of hydrogen-bond donors (Lipinski definition) is 2. The van der Waals surface area contributed by atoms with E-state index < -0.39 is 0 Å². The molecule has 1 aliphatic heterocycles. The van der Waals surface area contributed by atoms with Crippen molar-refractivity contribution in [2.24, 2.45) is 5.92 Å². The quantitative estimate of drug-likeness (QED) is 0.742. The van der Waals surface area contributed by atoms with E-state index in [-0.39, 0.29) is 30.8 Å². The molecular weight excluding hydrogens is 278 g/mol. The van der Waals surface area contributed by atoms with Crippen LogP contribution in [0.5, 0.6) is 0 Å². The Kier molecular flexibility index (Phi) is 10.5. The molecule has 2 N–H and O–H groups in total. The summed E-state index contributed by atoms with van der Waals surface area (Å²) in [4.78, 5) is 25.1. The molecule has 0 spiro atoms. The molecule has 1 saturated heterocycles. The van der Waals surface area contributed by atoms with Crippen molar-refractivity contribution in [3.63, 3.8) is 0 Å². The van der Waals surface area contributed by atoms with Crippen LogP contribution in [-0.2, 0) is 9.59 Å². The molecule has 6 heteroatoms. The molecule has 5 nitrogen and oxygen atoms in total. The van der Waals surface area contributed by atoms with Gasteiger partial charge in [0.15, 0.2) is 0 Å². The molecule has 1 fully saturated rings. The highest BCUT2D eigenvalue weighted by atomic mass is 35.5. The number of carbonyl (C=O) groups is 2. The van der Waals surface area contributed by atoms with E-state index in [1.807, 2.05) is 11.8 Å². The van der Waals surface area contributed by atoms with Crippen LogP contribution in [0, 0.1) is 5.92 Å². The van der Waals surface area contributed by atoms with Crippen LogP contribution in [0.25, 0.3) is 0 Å². The zero-order valence-electron chi connectivity index (χ0n) is 12.6. The molecule has 2 amide bonds. The Balaban J connectivity index is 0.00000361. The van der Waals surface area contributed by atoms with Crippen LogP contribution in [0.3, 0.4) is 0 Å². The van der Waals surface area contributed by atoms with Crippen molar-refractivity contribution >= 4 is 24.2 Å². The fraction of sp³-hybridized carbons (Fsp3) is 0.857. The third-order valence-corrected chi connectivity index (χ3v) is 3.56. The molecule has 0 bridgehead atoms. The topological polar surface area (TPSA) is 61.4 Å². The molecule has 1 rings (SSSR count). The molecule has 0 aromatic heterocycles. The average Bonchev–Trinajstić information content (AvgIpc) is 2.43. The second kappa shape index (κ2) is 10.9. The van der Waals surface area contributed by atoms with Crippen LogP contribution in [0.1, 0.15) is 39.5 Å². The fourth-order valence-corrected chi connectivity index (χ4v) is 2.34. The van der Waals surface area contributed by atoms with Gasteiger partial charge in [0.2, 0.25) is 11.8 Å². The van der Waals surface area contributed by atoms with Crippen LogP contribution in [0.4, 0.5) is 0 Å². The summed E-state index contributed by atoms with van der Waals surface area (Å²) < 4.78 is 0. The van der Waals surface area contributed by atoms with Crippen molar-refractivity contribution in [3.05, 3.63) is 0 Å². The van der Waals surface area contributed by atoms with Gasteiger partial charge in [0.1, 0.15) is 0 Å². The van der Waals surface area contributed by atoms with Crippen molar-refractivity contribution in [3.8, 4) is 0 Å². The van der Waals surface area contributed by atoms with Crippen LogP contribution >= 0.6 is 12.4 Å². The highest BCUT2D eigenvalue weighted by molar-refractivity contribution is 5.85. The van der Waals surface area contributed by atoms with Crippen LogP contribution in [0.15, 0.2) is 0 Å². The zero-order valence-corrected chi connectivity index (χ0v) is 13.4. The monoisotopic (exact) mass is 305 g/mol. The first-order valence-corrected chi connectivity index (χ1v) is 7.42. The standard InChI is InChI=1S/C14H27N3O2.ClH/c1-3-5-13(18)16-11-14(19)17-8-6-12(7-9-17)10-15-4-2;/h12,15H,3-11H2,1-2H3,(H,16,18);1H. The number of nitrogens with one attached hydrogen (secondary N) is 2. The van der Waals surface area contributed by atoms with Crippen molar-refractivity contribution < 1.29 is 9.59 Å². The second-order valence-corrected chi connectivity index (χ2v) is 5.16. The number of nitrogens with zero attached hydrogens (tertiary/aromatic N) is 1. The van der Waals surface area contributed by atoms with E-state index in [0.717, 1.165) is 45.4 Å². The molecule has 0 aromatic carbocycles. The van der Waals surface area contributed by atoms with Gasteiger partial charge in [0, 0.05) is 19.5 Å². The van der Waals surface area contributed by atoms with Gasteiger partial charge in [-0.1, -0.05) is 13.8 Å². The van der Waals surface area contributed by atoms with E-state index in [1.165, 1.54) is 0 Å². The van der Waals surface area contributed by atoms with Crippen molar-refractivity contribution in [1.82, 2.24) is 15.5 Å². The summed E-state index contributed by atoms with van der Waals surface area (Å²) in [5.74, 6) is 0.697. The van der Waals surface area contributed by atoms with Gasteiger partial charge in [-0.05, 0) is 38.3 Å². The summed E-state index contributed by atoms with van der Waals surface area (Å²) in [6, 6.07) is 0. The maximum absolute atomic E-state index is 11.9. The van der Waals surface area contributed by atoms with Crippen LogP contribution < -0.4 is 10.6 Å². The van der Waals surface area contributed by atoms with Crippen LogP contribution in [0.2, 0.25) is 0 Å². The summed E-state index contributed by atoms with van der Waals surface area (Å²) in [5, 5.41) is 6.04. The van der Waals surface area contributed by atoms with Crippen molar-refractivity contribution in [2.45, 2.75) is 39.5 Å². The lowest BCUT2D eigenvalue weighted by molar-refractivity contribution is -0.134. The molecule has 0 radical (unpaired) electrons. The van der Waals surface area contributed by atoms with Gasteiger partial charge < -0.3 is 15.5 Å². The summed E-state index contributed by atoms with van der Waals surface area (Å²) in [7, 11) is 0. The predicted molar refractivity (Wildman–Crippen MR) is 83.0 cm³/mol. The van der Waals surface area contributed by atoms with Crippen molar-refractivity contribution in [2.75, 3.05) is 32.7 Å². The predicted octanol–water partition coefficient (Wildman–Crippen LogP) is 1.17. The maximum atomic E-state index is 11.9. The van der Waals surface area contributed by atoms with E-state index in [0.29, 0.717) is 12.3 Å². The Morgan fingerprint density at radius 1 is 1.20 bits per heavy atom. The minimum Gasteiger partial charge on any atom is -0.347 e. The van der Waals surface area contributed by atoms with E-state index in [1.54, 1.807) is 0 Å². The van der Waals surface area contributed by atoms with Crippen LogP contribution in [-0.4, -0.2) is 49.4 Å². The van der Waals surface area contributed by atoms with Gasteiger partial charge in [-0.15, -0.1) is 12.4 Å². The second-order valence-electron chi connectivity index (χ2n) is 5.16. The molecule has 0 unspecified atom stereocenters. The molecule has 0 atom stereocenters. The normalized spacial score (nSPS) is 15.6. The summed E-state index contributed by atoms with van der Waals surface area (Å²) in [5.41, 5.74) is 0. The first kappa shape index (κ1) is 19.2. The van der Waals surface area contributed by atoms with Gasteiger partial charge in [-0.25, -0.2) is 0 Å². The lowest BCUT2D eigenvalue weighted by Crippen LogP contribution is -2.45. The molecule has 0 saturated carbocycles. The number of rotatable bonds is 7. The van der Waals surface area contributed by atoms with Gasteiger partial charge in [-0.2, -0.15) is 0 Å². The van der Waals surface area contributed by atoms with E-state index in [4.69, 9.17) is 0 Å². The molecule has 0 aromatic rings. The fourth-order valence-electron chi connectivity index (χ4n) is 2.34.